The second-order valence-electron chi connectivity index (χ2n) is 8.11. The lowest BCUT2D eigenvalue weighted by atomic mass is 10.0. The molecule has 2 rings (SSSR count). The first-order valence-electron chi connectivity index (χ1n) is 9.57. The lowest BCUT2D eigenvalue weighted by molar-refractivity contribution is -0.140. The molecule has 0 saturated carbocycles. The van der Waals surface area contributed by atoms with Crippen LogP contribution >= 0.6 is 0 Å². The number of amides is 3. The van der Waals surface area contributed by atoms with Crippen LogP contribution in [-0.4, -0.2) is 90.1 Å². The SMILES string of the molecule is C=CCNC(=O)CN1CCC[C@@H](N2CCN(C(=O)OC(C)(C)C)CC2=O)C1. The number of likely N-dealkylation sites (tertiary alicyclic amines) is 1. The summed E-state index contributed by atoms with van der Waals surface area (Å²) in [7, 11) is 0. The molecule has 0 bridgehead atoms. The third-order valence-electron chi connectivity index (χ3n) is 4.64. The molecule has 0 radical (unpaired) electrons. The summed E-state index contributed by atoms with van der Waals surface area (Å²) in [5.74, 6) is -0.0910. The molecule has 0 aliphatic carbocycles. The van der Waals surface area contributed by atoms with Gasteiger partial charge in [-0.05, 0) is 40.2 Å². The lowest BCUT2D eigenvalue weighted by Gasteiger charge is -2.43. The highest BCUT2D eigenvalue weighted by Crippen LogP contribution is 2.19. The van der Waals surface area contributed by atoms with Gasteiger partial charge in [0.25, 0.3) is 0 Å². The Hall–Kier alpha value is -2.09. The Morgan fingerprint density at radius 1 is 1.30 bits per heavy atom. The molecule has 2 heterocycles. The molecular weight excluding hydrogens is 348 g/mol. The summed E-state index contributed by atoms with van der Waals surface area (Å²) in [5.41, 5.74) is -0.576. The van der Waals surface area contributed by atoms with Crippen LogP contribution < -0.4 is 5.32 Å². The fraction of sp³-hybridized carbons (Fsp3) is 0.737. The predicted molar refractivity (Wildman–Crippen MR) is 102 cm³/mol. The van der Waals surface area contributed by atoms with E-state index in [2.05, 4.69) is 16.8 Å². The van der Waals surface area contributed by atoms with E-state index in [1.165, 1.54) is 4.90 Å². The van der Waals surface area contributed by atoms with Crippen LogP contribution in [0.3, 0.4) is 0 Å². The fourth-order valence-corrected chi connectivity index (χ4v) is 3.43. The Bertz CT molecular complexity index is 573. The molecule has 0 aromatic heterocycles. The molecule has 2 aliphatic rings. The monoisotopic (exact) mass is 380 g/mol. The van der Waals surface area contributed by atoms with Crippen LogP contribution in [0.2, 0.25) is 0 Å². The van der Waals surface area contributed by atoms with Gasteiger partial charge in [-0.3, -0.25) is 19.4 Å². The van der Waals surface area contributed by atoms with Crippen molar-refractivity contribution in [1.29, 1.82) is 0 Å². The Kier molecular flexibility index (Phi) is 7.24. The van der Waals surface area contributed by atoms with Gasteiger partial charge in [-0.25, -0.2) is 4.79 Å². The number of hydrogen-bond donors (Lipinski definition) is 1. The fourth-order valence-electron chi connectivity index (χ4n) is 3.43. The van der Waals surface area contributed by atoms with Crippen LogP contribution in [0.1, 0.15) is 33.6 Å². The summed E-state index contributed by atoms with van der Waals surface area (Å²) in [6.45, 7) is 12.4. The van der Waals surface area contributed by atoms with E-state index in [1.54, 1.807) is 6.08 Å². The molecule has 2 fully saturated rings. The number of nitrogens with one attached hydrogen (secondary N) is 1. The molecule has 3 amide bonds. The molecule has 0 unspecified atom stereocenters. The largest absolute Gasteiger partial charge is 0.444 e. The van der Waals surface area contributed by atoms with Crippen LogP contribution in [0.25, 0.3) is 0 Å². The molecule has 152 valence electrons. The van der Waals surface area contributed by atoms with E-state index in [-0.39, 0.29) is 24.4 Å². The summed E-state index contributed by atoms with van der Waals surface area (Å²) in [4.78, 5) is 42.1. The third-order valence-corrected chi connectivity index (χ3v) is 4.64. The van der Waals surface area contributed by atoms with Crippen LogP contribution in [0.4, 0.5) is 4.79 Å². The molecular formula is C19H32N4O4. The lowest BCUT2D eigenvalue weighted by Crippen LogP contribution is -2.59. The van der Waals surface area contributed by atoms with Crippen molar-refractivity contribution in [2.24, 2.45) is 0 Å². The van der Waals surface area contributed by atoms with Gasteiger partial charge in [-0.2, -0.15) is 0 Å². The molecule has 8 heteroatoms. The van der Waals surface area contributed by atoms with Gasteiger partial charge in [-0.1, -0.05) is 6.08 Å². The minimum atomic E-state index is -0.576. The van der Waals surface area contributed by atoms with Crippen LogP contribution in [0, 0.1) is 0 Å². The third kappa shape index (κ3) is 6.53. The first-order valence-corrected chi connectivity index (χ1v) is 9.57. The van der Waals surface area contributed by atoms with E-state index < -0.39 is 11.7 Å². The van der Waals surface area contributed by atoms with E-state index in [0.717, 1.165) is 19.4 Å². The maximum Gasteiger partial charge on any atom is 0.410 e. The maximum absolute atomic E-state index is 12.6. The van der Waals surface area contributed by atoms with E-state index >= 15 is 0 Å². The molecule has 0 spiro atoms. The molecule has 8 nitrogen and oxygen atoms in total. The highest BCUT2D eigenvalue weighted by atomic mass is 16.6. The quantitative estimate of drug-likeness (QED) is 0.715. The number of piperazine rings is 1. The predicted octanol–water partition coefficient (Wildman–Crippen LogP) is 0.832. The van der Waals surface area contributed by atoms with Crippen molar-refractivity contribution in [3.8, 4) is 0 Å². The molecule has 0 aromatic carbocycles. The number of carbonyl (C=O) groups excluding carboxylic acids is 3. The number of hydrogen-bond acceptors (Lipinski definition) is 5. The van der Waals surface area contributed by atoms with Crippen molar-refractivity contribution in [2.75, 3.05) is 45.8 Å². The number of ether oxygens (including phenoxy) is 1. The molecule has 27 heavy (non-hydrogen) atoms. The van der Waals surface area contributed by atoms with Crippen molar-refractivity contribution in [3.63, 3.8) is 0 Å². The van der Waals surface area contributed by atoms with Crippen molar-refractivity contribution >= 4 is 17.9 Å². The molecule has 2 aliphatic heterocycles. The zero-order valence-corrected chi connectivity index (χ0v) is 16.7. The minimum absolute atomic E-state index is 0.0309. The van der Waals surface area contributed by atoms with Gasteiger partial charge < -0.3 is 15.0 Å². The molecule has 1 atom stereocenters. The van der Waals surface area contributed by atoms with Gasteiger partial charge >= 0.3 is 6.09 Å². The first-order chi connectivity index (χ1) is 12.7. The van der Waals surface area contributed by atoms with Crippen molar-refractivity contribution in [3.05, 3.63) is 12.7 Å². The van der Waals surface area contributed by atoms with Gasteiger partial charge in [0.1, 0.15) is 12.1 Å². The number of piperidine rings is 1. The Morgan fingerprint density at radius 3 is 2.67 bits per heavy atom. The average Bonchev–Trinajstić information content (AvgIpc) is 2.58. The Morgan fingerprint density at radius 2 is 2.04 bits per heavy atom. The second kappa shape index (κ2) is 9.21. The van der Waals surface area contributed by atoms with E-state index in [9.17, 15) is 14.4 Å². The van der Waals surface area contributed by atoms with Gasteiger partial charge in [0.05, 0.1) is 6.54 Å². The average molecular weight is 380 g/mol. The molecule has 2 saturated heterocycles. The molecule has 0 aromatic rings. The van der Waals surface area contributed by atoms with E-state index in [0.29, 0.717) is 32.7 Å². The highest BCUT2D eigenvalue weighted by Gasteiger charge is 2.35. The number of carbonyl (C=O) groups is 3. The zero-order chi connectivity index (χ0) is 20.0. The first kappa shape index (κ1) is 21.2. The zero-order valence-electron chi connectivity index (χ0n) is 16.7. The summed E-state index contributed by atoms with van der Waals surface area (Å²) in [6.07, 6.45) is 3.07. The van der Waals surface area contributed by atoms with Gasteiger partial charge in [0.2, 0.25) is 11.8 Å². The van der Waals surface area contributed by atoms with Gasteiger partial charge in [-0.15, -0.1) is 6.58 Å². The smallest absolute Gasteiger partial charge is 0.410 e. The van der Waals surface area contributed by atoms with Crippen molar-refractivity contribution in [2.45, 2.75) is 45.3 Å². The molecule has 1 N–H and O–H groups in total. The minimum Gasteiger partial charge on any atom is -0.444 e. The number of rotatable bonds is 5. The second-order valence-corrected chi connectivity index (χ2v) is 8.11. The van der Waals surface area contributed by atoms with E-state index in [1.807, 2.05) is 25.7 Å². The van der Waals surface area contributed by atoms with Crippen LogP contribution in [0.15, 0.2) is 12.7 Å². The van der Waals surface area contributed by atoms with Crippen LogP contribution in [0.5, 0.6) is 0 Å². The van der Waals surface area contributed by atoms with Crippen molar-refractivity contribution in [1.82, 2.24) is 20.0 Å². The van der Waals surface area contributed by atoms with Crippen molar-refractivity contribution < 1.29 is 19.1 Å². The van der Waals surface area contributed by atoms with Gasteiger partial charge in [0.15, 0.2) is 0 Å². The van der Waals surface area contributed by atoms with Crippen LogP contribution in [-0.2, 0) is 14.3 Å². The normalized spacial score (nSPS) is 21.7. The summed E-state index contributed by atoms with van der Waals surface area (Å²) in [6, 6.07) is 0.0826. The summed E-state index contributed by atoms with van der Waals surface area (Å²) < 4.78 is 5.36. The Balaban J connectivity index is 1.86. The standard InChI is InChI=1S/C19H32N4O4/c1-5-8-20-16(24)13-21-9-6-7-15(12-21)23-11-10-22(14-17(23)25)18(26)27-19(2,3)4/h5,15H,1,6-14H2,2-4H3,(H,20,24)/t15-/m1/s1. The maximum atomic E-state index is 12.6. The van der Waals surface area contributed by atoms with E-state index in [4.69, 9.17) is 4.74 Å². The highest BCUT2D eigenvalue weighted by molar-refractivity contribution is 5.84. The Labute approximate surface area is 161 Å². The van der Waals surface area contributed by atoms with Gasteiger partial charge in [0, 0.05) is 32.2 Å². The summed E-state index contributed by atoms with van der Waals surface area (Å²) in [5, 5.41) is 2.78. The number of nitrogens with zero attached hydrogens (tertiary/aromatic N) is 3. The topological polar surface area (TPSA) is 82.2 Å². The summed E-state index contributed by atoms with van der Waals surface area (Å²) >= 11 is 0.